The third-order valence-corrected chi connectivity index (χ3v) is 4.57. The van der Waals surface area contributed by atoms with Gasteiger partial charge in [-0.15, -0.1) is 11.3 Å². The molecule has 5 nitrogen and oxygen atoms in total. The molecule has 2 rings (SSSR count). The summed E-state index contributed by atoms with van der Waals surface area (Å²) in [7, 11) is 0. The van der Waals surface area contributed by atoms with Gasteiger partial charge in [0.05, 0.1) is 4.88 Å². The average Bonchev–Trinajstić information content (AvgIpc) is 2.94. The lowest BCUT2D eigenvalue weighted by Crippen LogP contribution is -2.40. The van der Waals surface area contributed by atoms with Crippen molar-refractivity contribution in [3.63, 3.8) is 0 Å². The maximum atomic E-state index is 12.3. The summed E-state index contributed by atoms with van der Waals surface area (Å²) in [5, 5.41) is 13.5. The van der Waals surface area contributed by atoms with Gasteiger partial charge in [-0.25, -0.2) is 4.79 Å². The second-order valence-electron chi connectivity index (χ2n) is 5.09. The van der Waals surface area contributed by atoms with Crippen molar-refractivity contribution in [3.05, 3.63) is 28.0 Å². The molecule has 21 heavy (non-hydrogen) atoms. The number of carbonyl (C=O) groups is 2. The Morgan fingerprint density at radius 3 is 2.86 bits per heavy atom. The van der Waals surface area contributed by atoms with Crippen LogP contribution in [0.1, 0.15) is 35.0 Å². The van der Waals surface area contributed by atoms with Crippen LogP contribution in [-0.2, 0) is 9.53 Å². The molecule has 0 spiro atoms. The zero-order chi connectivity index (χ0) is 15.2. The SMILES string of the molecule is CC(NC(=O)c1sccc1/C=C/C(=O)O)C1CCOCC1. The molecule has 0 bridgehead atoms. The number of rotatable bonds is 5. The van der Waals surface area contributed by atoms with Gasteiger partial charge in [0.2, 0.25) is 0 Å². The molecule has 114 valence electrons. The number of carboxylic acids is 1. The molecule has 1 saturated heterocycles. The summed E-state index contributed by atoms with van der Waals surface area (Å²) in [6.07, 6.45) is 4.41. The molecule has 1 aliphatic heterocycles. The molecule has 0 aliphatic carbocycles. The van der Waals surface area contributed by atoms with Gasteiger partial charge >= 0.3 is 5.97 Å². The van der Waals surface area contributed by atoms with E-state index in [1.165, 1.54) is 17.4 Å². The predicted octanol–water partition coefficient (Wildman–Crippen LogP) is 2.39. The van der Waals surface area contributed by atoms with E-state index >= 15 is 0 Å². The van der Waals surface area contributed by atoms with Gasteiger partial charge in [-0.05, 0) is 48.8 Å². The summed E-state index contributed by atoms with van der Waals surface area (Å²) in [4.78, 5) is 23.4. The van der Waals surface area contributed by atoms with Crippen molar-refractivity contribution in [2.24, 2.45) is 5.92 Å². The standard InChI is InChI=1S/C15H19NO4S/c1-10(11-4-7-20-8-5-11)16-15(19)14-12(6-9-21-14)2-3-13(17)18/h2-3,6,9-11H,4-5,7-8H2,1H3,(H,16,19)(H,17,18)/b3-2+. The number of thiophene rings is 1. The molecule has 1 aromatic rings. The fraction of sp³-hybridized carbons (Fsp3) is 0.467. The lowest BCUT2D eigenvalue weighted by atomic mass is 9.93. The van der Waals surface area contributed by atoms with Crippen molar-refractivity contribution in [3.8, 4) is 0 Å². The van der Waals surface area contributed by atoms with Gasteiger partial charge in [-0.2, -0.15) is 0 Å². The molecule has 2 heterocycles. The van der Waals surface area contributed by atoms with Gasteiger partial charge in [-0.3, -0.25) is 4.79 Å². The number of hydrogen-bond donors (Lipinski definition) is 2. The van der Waals surface area contributed by atoms with Crippen LogP contribution in [0, 0.1) is 5.92 Å². The summed E-state index contributed by atoms with van der Waals surface area (Å²) in [6, 6.07) is 1.83. The Labute approximate surface area is 127 Å². The normalized spacial score (nSPS) is 17.8. The van der Waals surface area contributed by atoms with Crippen molar-refractivity contribution >= 4 is 29.3 Å². The van der Waals surface area contributed by atoms with E-state index in [1.54, 1.807) is 11.4 Å². The second-order valence-corrected chi connectivity index (χ2v) is 6.00. The smallest absolute Gasteiger partial charge is 0.328 e. The van der Waals surface area contributed by atoms with Crippen molar-refractivity contribution in [1.82, 2.24) is 5.32 Å². The van der Waals surface area contributed by atoms with Crippen molar-refractivity contribution in [2.75, 3.05) is 13.2 Å². The Bertz CT molecular complexity index is 532. The average molecular weight is 309 g/mol. The molecule has 1 aliphatic rings. The number of aliphatic carboxylic acids is 1. The van der Waals surface area contributed by atoms with Crippen LogP contribution < -0.4 is 5.32 Å². The van der Waals surface area contributed by atoms with E-state index in [-0.39, 0.29) is 11.9 Å². The molecule has 1 aromatic heterocycles. The van der Waals surface area contributed by atoms with Crippen LogP contribution in [0.4, 0.5) is 0 Å². The number of amides is 1. The van der Waals surface area contributed by atoms with Crippen molar-refractivity contribution in [1.29, 1.82) is 0 Å². The molecule has 0 radical (unpaired) electrons. The summed E-state index contributed by atoms with van der Waals surface area (Å²) >= 11 is 1.32. The maximum Gasteiger partial charge on any atom is 0.328 e. The largest absolute Gasteiger partial charge is 0.478 e. The molecular formula is C15H19NO4S. The van der Waals surface area contributed by atoms with E-state index in [2.05, 4.69) is 5.32 Å². The molecular weight excluding hydrogens is 290 g/mol. The van der Waals surface area contributed by atoms with Gasteiger partial charge < -0.3 is 15.2 Å². The van der Waals surface area contributed by atoms with Crippen LogP contribution >= 0.6 is 11.3 Å². The third kappa shape index (κ3) is 4.41. The van der Waals surface area contributed by atoms with Gasteiger partial charge in [0, 0.05) is 25.3 Å². The second kappa shape index (κ2) is 7.38. The van der Waals surface area contributed by atoms with Crippen molar-refractivity contribution < 1.29 is 19.4 Å². The minimum atomic E-state index is -1.02. The van der Waals surface area contributed by atoms with E-state index in [1.807, 2.05) is 6.92 Å². The van der Waals surface area contributed by atoms with Gasteiger partial charge in [0.1, 0.15) is 0 Å². The quantitative estimate of drug-likeness (QED) is 0.819. The Hall–Kier alpha value is -1.66. The number of hydrogen-bond acceptors (Lipinski definition) is 4. The van der Waals surface area contributed by atoms with Crippen LogP contribution in [0.15, 0.2) is 17.5 Å². The Balaban J connectivity index is 2.00. The molecule has 1 amide bonds. The topological polar surface area (TPSA) is 75.6 Å². The van der Waals surface area contributed by atoms with E-state index in [4.69, 9.17) is 9.84 Å². The lowest BCUT2D eigenvalue weighted by molar-refractivity contribution is -0.131. The molecule has 0 saturated carbocycles. The van der Waals surface area contributed by atoms with E-state index in [0.29, 0.717) is 16.4 Å². The third-order valence-electron chi connectivity index (χ3n) is 3.64. The first-order valence-electron chi connectivity index (χ1n) is 6.95. The molecule has 1 unspecified atom stereocenters. The first-order valence-corrected chi connectivity index (χ1v) is 7.83. The minimum Gasteiger partial charge on any atom is -0.478 e. The van der Waals surface area contributed by atoms with Crippen LogP contribution in [0.5, 0.6) is 0 Å². The van der Waals surface area contributed by atoms with Crippen LogP contribution in [0.3, 0.4) is 0 Å². The van der Waals surface area contributed by atoms with E-state index < -0.39 is 5.97 Å². The maximum absolute atomic E-state index is 12.3. The highest BCUT2D eigenvalue weighted by molar-refractivity contribution is 7.12. The lowest BCUT2D eigenvalue weighted by Gasteiger charge is -2.28. The van der Waals surface area contributed by atoms with E-state index in [0.717, 1.165) is 32.1 Å². The van der Waals surface area contributed by atoms with Gasteiger partial charge in [-0.1, -0.05) is 0 Å². The molecule has 1 fully saturated rings. The van der Waals surface area contributed by atoms with E-state index in [9.17, 15) is 9.59 Å². The molecule has 2 N–H and O–H groups in total. The highest BCUT2D eigenvalue weighted by Gasteiger charge is 2.23. The van der Waals surface area contributed by atoms with Gasteiger partial charge in [0.25, 0.3) is 5.91 Å². The monoisotopic (exact) mass is 309 g/mol. The number of carboxylic acid groups (broad SMARTS) is 1. The Kier molecular flexibility index (Phi) is 5.52. The predicted molar refractivity (Wildman–Crippen MR) is 81.5 cm³/mol. The Morgan fingerprint density at radius 1 is 1.48 bits per heavy atom. The van der Waals surface area contributed by atoms with Crippen LogP contribution in [0.25, 0.3) is 6.08 Å². The van der Waals surface area contributed by atoms with Crippen LogP contribution in [0.2, 0.25) is 0 Å². The zero-order valence-corrected chi connectivity index (χ0v) is 12.7. The molecule has 6 heteroatoms. The molecule has 1 atom stereocenters. The van der Waals surface area contributed by atoms with Crippen LogP contribution in [-0.4, -0.2) is 36.2 Å². The summed E-state index contributed by atoms with van der Waals surface area (Å²) in [6.45, 7) is 3.50. The fourth-order valence-corrected chi connectivity index (χ4v) is 3.19. The highest BCUT2D eigenvalue weighted by Crippen LogP contribution is 2.21. The number of carbonyl (C=O) groups excluding carboxylic acids is 1. The molecule has 0 aromatic carbocycles. The first kappa shape index (κ1) is 15.7. The zero-order valence-electron chi connectivity index (χ0n) is 11.9. The summed E-state index contributed by atoms with van der Waals surface area (Å²) in [5.41, 5.74) is 0.638. The minimum absolute atomic E-state index is 0.0832. The van der Waals surface area contributed by atoms with Gasteiger partial charge in [0.15, 0.2) is 0 Å². The Morgan fingerprint density at radius 2 is 2.19 bits per heavy atom. The number of nitrogens with one attached hydrogen (secondary N) is 1. The first-order chi connectivity index (χ1) is 10.1. The summed E-state index contributed by atoms with van der Waals surface area (Å²) in [5.74, 6) is -0.738. The summed E-state index contributed by atoms with van der Waals surface area (Å²) < 4.78 is 5.33. The van der Waals surface area contributed by atoms with Crippen molar-refractivity contribution in [2.45, 2.75) is 25.8 Å². The number of ether oxygens (including phenoxy) is 1. The fourth-order valence-electron chi connectivity index (χ4n) is 2.40. The highest BCUT2D eigenvalue weighted by atomic mass is 32.1.